The number of hydrogen-bond donors (Lipinski definition) is 3. The summed E-state index contributed by atoms with van der Waals surface area (Å²) in [6.07, 6.45) is 0. The van der Waals surface area contributed by atoms with Gasteiger partial charge in [-0.05, 0) is 23.6 Å². The predicted octanol–water partition coefficient (Wildman–Crippen LogP) is 1.69. The van der Waals surface area contributed by atoms with Gasteiger partial charge in [-0.25, -0.2) is 4.79 Å². The molecule has 1 heterocycles. The molecule has 0 bridgehead atoms. The maximum atomic E-state index is 12.2. The van der Waals surface area contributed by atoms with Gasteiger partial charge in [0.2, 0.25) is 5.91 Å². The number of nitrogens with one attached hydrogen (secondary N) is 2. The van der Waals surface area contributed by atoms with Gasteiger partial charge in [0, 0.05) is 25.6 Å². The number of rotatable bonds is 6. The number of urea groups is 1. The third kappa shape index (κ3) is 5.39. The lowest BCUT2D eigenvalue weighted by Gasteiger charge is -2.16. The van der Waals surface area contributed by atoms with Gasteiger partial charge in [-0.3, -0.25) is 15.0 Å². The average molecular weight is 366 g/mol. The Labute approximate surface area is 159 Å². The lowest BCUT2D eigenvalue weighted by molar-refractivity contribution is -0.120. The van der Waals surface area contributed by atoms with Crippen molar-refractivity contribution < 1.29 is 9.59 Å². The van der Waals surface area contributed by atoms with E-state index < -0.39 is 6.03 Å². The summed E-state index contributed by atoms with van der Waals surface area (Å²) < 4.78 is 0. The first kappa shape index (κ1) is 19.1. The molecule has 6 nitrogen and oxygen atoms in total. The molecule has 0 spiro atoms. The number of likely N-dealkylation sites (tertiary alicyclic amines) is 1. The van der Waals surface area contributed by atoms with Crippen molar-refractivity contribution in [1.82, 2.24) is 15.5 Å². The molecule has 1 aliphatic heterocycles. The number of benzene rings is 2. The monoisotopic (exact) mass is 366 g/mol. The van der Waals surface area contributed by atoms with E-state index in [4.69, 9.17) is 5.73 Å². The zero-order chi connectivity index (χ0) is 19.1. The first-order valence-electron chi connectivity index (χ1n) is 9.24. The second-order valence-electron chi connectivity index (χ2n) is 6.92. The maximum Gasteiger partial charge on any atom is 0.321 e. The first-order valence-corrected chi connectivity index (χ1v) is 9.24. The highest BCUT2D eigenvalue weighted by molar-refractivity contribution is 5.95. The third-order valence-corrected chi connectivity index (χ3v) is 4.96. The second-order valence-corrected chi connectivity index (χ2v) is 6.92. The summed E-state index contributed by atoms with van der Waals surface area (Å²) in [7, 11) is 0. The van der Waals surface area contributed by atoms with Crippen LogP contribution in [0.4, 0.5) is 4.79 Å². The summed E-state index contributed by atoms with van der Waals surface area (Å²) in [5.74, 6) is 0.327. The van der Waals surface area contributed by atoms with Gasteiger partial charge in [0.05, 0.1) is 6.54 Å². The van der Waals surface area contributed by atoms with Crippen LogP contribution in [0.15, 0.2) is 60.7 Å². The van der Waals surface area contributed by atoms with Crippen molar-refractivity contribution in [2.45, 2.75) is 12.5 Å². The summed E-state index contributed by atoms with van der Waals surface area (Å²) in [6.45, 7) is 2.68. The van der Waals surface area contributed by atoms with Crippen LogP contribution in [0.25, 0.3) is 0 Å². The van der Waals surface area contributed by atoms with E-state index in [1.165, 1.54) is 5.56 Å². The fraction of sp³-hybridized carbons (Fsp3) is 0.333. The molecule has 1 saturated heterocycles. The lowest BCUT2D eigenvalue weighted by atomic mass is 9.89. The summed E-state index contributed by atoms with van der Waals surface area (Å²) in [5.41, 5.74) is 8.17. The zero-order valence-electron chi connectivity index (χ0n) is 15.3. The zero-order valence-corrected chi connectivity index (χ0v) is 15.3. The molecule has 3 rings (SSSR count). The van der Waals surface area contributed by atoms with E-state index in [0.717, 1.165) is 18.7 Å². The van der Waals surface area contributed by atoms with E-state index in [9.17, 15) is 9.59 Å². The number of nitrogens with zero attached hydrogens (tertiary/aromatic N) is 1. The van der Waals surface area contributed by atoms with Crippen molar-refractivity contribution in [3.63, 3.8) is 0 Å². The SMILES string of the molecule is NC[C@@H]1CN(CC(=O)NC(=O)NCc2ccccc2)C[C@H]1c1ccccc1. The third-order valence-electron chi connectivity index (χ3n) is 4.96. The van der Waals surface area contributed by atoms with Crippen molar-refractivity contribution in [1.29, 1.82) is 0 Å². The van der Waals surface area contributed by atoms with E-state index >= 15 is 0 Å². The Morgan fingerprint density at radius 3 is 2.33 bits per heavy atom. The highest BCUT2D eigenvalue weighted by Crippen LogP contribution is 2.31. The van der Waals surface area contributed by atoms with Crippen LogP contribution in [0.2, 0.25) is 0 Å². The van der Waals surface area contributed by atoms with Crippen molar-refractivity contribution >= 4 is 11.9 Å². The Kier molecular flexibility index (Phi) is 6.57. The Morgan fingerprint density at radius 2 is 1.67 bits per heavy atom. The van der Waals surface area contributed by atoms with Crippen LogP contribution in [-0.4, -0.2) is 43.0 Å². The standard InChI is InChI=1S/C21H26N4O2/c22-11-18-13-25(14-19(18)17-9-5-2-6-10-17)15-20(26)24-21(27)23-12-16-7-3-1-4-8-16/h1-10,18-19H,11-15,22H2,(H2,23,24,26,27)/t18-,19+/m1/s1. The second kappa shape index (κ2) is 9.30. The van der Waals surface area contributed by atoms with Crippen molar-refractivity contribution in [3.8, 4) is 0 Å². The molecule has 1 fully saturated rings. The molecule has 0 radical (unpaired) electrons. The van der Waals surface area contributed by atoms with E-state index in [-0.39, 0.29) is 12.5 Å². The summed E-state index contributed by atoms with van der Waals surface area (Å²) in [6, 6.07) is 19.3. The Balaban J connectivity index is 1.47. The van der Waals surface area contributed by atoms with Gasteiger partial charge in [0.25, 0.3) is 0 Å². The molecule has 0 aromatic heterocycles. The molecule has 0 aliphatic carbocycles. The minimum Gasteiger partial charge on any atom is -0.334 e. The van der Waals surface area contributed by atoms with Crippen LogP contribution >= 0.6 is 0 Å². The molecule has 0 unspecified atom stereocenters. The molecule has 6 heteroatoms. The van der Waals surface area contributed by atoms with Crippen molar-refractivity contribution in [3.05, 3.63) is 71.8 Å². The maximum absolute atomic E-state index is 12.2. The lowest BCUT2D eigenvalue weighted by Crippen LogP contribution is -2.44. The van der Waals surface area contributed by atoms with Gasteiger partial charge in [-0.2, -0.15) is 0 Å². The quantitative estimate of drug-likeness (QED) is 0.726. The van der Waals surface area contributed by atoms with E-state index in [1.807, 2.05) is 48.5 Å². The summed E-state index contributed by atoms with van der Waals surface area (Å²) in [4.78, 5) is 26.2. The predicted molar refractivity (Wildman–Crippen MR) is 105 cm³/mol. The van der Waals surface area contributed by atoms with Gasteiger partial charge in [-0.1, -0.05) is 60.7 Å². The van der Waals surface area contributed by atoms with Gasteiger partial charge in [0.1, 0.15) is 0 Å². The van der Waals surface area contributed by atoms with Crippen molar-refractivity contribution in [2.24, 2.45) is 11.7 Å². The molecular weight excluding hydrogens is 340 g/mol. The van der Waals surface area contributed by atoms with Gasteiger partial charge >= 0.3 is 6.03 Å². The van der Waals surface area contributed by atoms with Gasteiger partial charge < -0.3 is 11.1 Å². The number of amides is 3. The normalized spacial score (nSPS) is 19.6. The molecule has 0 saturated carbocycles. The first-order chi connectivity index (χ1) is 13.2. The van der Waals surface area contributed by atoms with Crippen LogP contribution in [-0.2, 0) is 11.3 Å². The Morgan fingerprint density at radius 1 is 1.00 bits per heavy atom. The number of carbonyl (C=O) groups excluding carboxylic acids is 2. The largest absolute Gasteiger partial charge is 0.334 e. The molecule has 4 N–H and O–H groups in total. The fourth-order valence-electron chi connectivity index (χ4n) is 3.60. The molecule has 2 aromatic rings. The summed E-state index contributed by atoms with van der Waals surface area (Å²) in [5, 5.41) is 5.10. The Bertz CT molecular complexity index is 751. The molecule has 2 atom stereocenters. The van der Waals surface area contributed by atoms with E-state index in [2.05, 4.69) is 27.7 Å². The molecule has 3 amide bonds. The molecule has 2 aromatic carbocycles. The minimum atomic E-state index is -0.474. The Hall–Kier alpha value is -2.70. The molecular formula is C21H26N4O2. The number of carbonyl (C=O) groups is 2. The number of nitrogens with two attached hydrogens (primary N) is 1. The van der Waals surface area contributed by atoms with E-state index in [1.54, 1.807) is 0 Å². The molecule has 27 heavy (non-hydrogen) atoms. The smallest absolute Gasteiger partial charge is 0.321 e. The number of hydrogen-bond acceptors (Lipinski definition) is 4. The van der Waals surface area contributed by atoms with E-state index in [0.29, 0.717) is 24.9 Å². The van der Waals surface area contributed by atoms with Crippen LogP contribution in [0.1, 0.15) is 17.0 Å². The van der Waals surface area contributed by atoms with Gasteiger partial charge in [0.15, 0.2) is 0 Å². The van der Waals surface area contributed by atoms with Crippen LogP contribution in [0, 0.1) is 5.92 Å². The minimum absolute atomic E-state index is 0.193. The van der Waals surface area contributed by atoms with Crippen LogP contribution in [0.3, 0.4) is 0 Å². The van der Waals surface area contributed by atoms with Crippen LogP contribution in [0.5, 0.6) is 0 Å². The average Bonchev–Trinajstić information content (AvgIpc) is 3.10. The number of imide groups is 1. The summed E-state index contributed by atoms with van der Waals surface area (Å²) >= 11 is 0. The van der Waals surface area contributed by atoms with Crippen LogP contribution < -0.4 is 16.4 Å². The van der Waals surface area contributed by atoms with Crippen molar-refractivity contribution in [2.75, 3.05) is 26.2 Å². The molecule has 142 valence electrons. The molecule has 1 aliphatic rings. The van der Waals surface area contributed by atoms with Gasteiger partial charge in [-0.15, -0.1) is 0 Å². The topological polar surface area (TPSA) is 87.5 Å². The fourth-order valence-corrected chi connectivity index (χ4v) is 3.60. The highest BCUT2D eigenvalue weighted by atomic mass is 16.2. The highest BCUT2D eigenvalue weighted by Gasteiger charge is 2.33.